The summed E-state index contributed by atoms with van der Waals surface area (Å²) in [6.07, 6.45) is -3.68. The zero-order valence-corrected chi connectivity index (χ0v) is 18.9. The third-order valence-electron chi connectivity index (χ3n) is 5.33. The average molecular weight is 479 g/mol. The van der Waals surface area contributed by atoms with Gasteiger partial charge in [0.1, 0.15) is 0 Å². The minimum Gasteiger partial charge on any atom is -0.409 e. The van der Waals surface area contributed by atoms with Gasteiger partial charge in [-0.3, -0.25) is 4.90 Å². The number of sulfonamides is 1. The van der Waals surface area contributed by atoms with E-state index in [1.54, 1.807) is 30.9 Å². The smallest absolute Gasteiger partial charge is 0.393 e. The maximum atomic E-state index is 13.1. The zero-order valence-electron chi connectivity index (χ0n) is 17.3. The summed E-state index contributed by atoms with van der Waals surface area (Å²) >= 11 is 5.19. The van der Waals surface area contributed by atoms with Gasteiger partial charge in [0.15, 0.2) is 0 Å². The molecule has 0 aliphatic carbocycles. The van der Waals surface area contributed by atoms with E-state index < -0.39 is 22.1 Å². The number of hydrogen-bond donors (Lipinski definition) is 0. The molecule has 1 saturated heterocycles. The summed E-state index contributed by atoms with van der Waals surface area (Å²) in [4.78, 5) is 1.76. The molecule has 0 bridgehead atoms. The topological polar surface area (TPSA) is 71.6 Å². The van der Waals surface area contributed by atoms with E-state index in [-0.39, 0.29) is 35.3 Å². The van der Waals surface area contributed by atoms with Gasteiger partial charge in [0.2, 0.25) is 15.9 Å². The van der Waals surface area contributed by atoms with Crippen LogP contribution in [0.3, 0.4) is 0 Å². The van der Waals surface area contributed by atoms with Gasteiger partial charge in [0.25, 0.3) is 4.84 Å². The molecule has 0 N–H and O–H groups in total. The summed E-state index contributed by atoms with van der Waals surface area (Å²) in [6, 6.07) is 6.18. The number of likely N-dealkylation sites (tertiary alicyclic amines) is 1. The Hall–Kier alpha value is -1.76. The van der Waals surface area contributed by atoms with Crippen molar-refractivity contribution in [3.63, 3.8) is 0 Å². The molecule has 31 heavy (non-hydrogen) atoms. The molecule has 0 unspecified atom stereocenters. The summed E-state index contributed by atoms with van der Waals surface area (Å²) in [5.74, 6) is -1.25. The SMILES string of the molecule is CCN(CC)S(=O)(=O)c1cccc(-c2nn(CN3CCC[C@H](C(F)(F)F)C3)c(=S)o2)c1. The second-order valence-corrected chi connectivity index (χ2v) is 9.68. The summed E-state index contributed by atoms with van der Waals surface area (Å²) < 4.78 is 72.9. The molecule has 0 spiro atoms. The lowest BCUT2D eigenvalue weighted by molar-refractivity contribution is -0.188. The van der Waals surface area contributed by atoms with Gasteiger partial charge in [0.05, 0.1) is 17.5 Å². The molecule has 1 aromatic heterocycles. The van der Waals surface area contributed by atoms with Crippen LogP contribution in [0.2, 0.25) is 0 Å². The van der Waals surface area contributed by atoms with Crippen molar-refractivity contribution in [3.05, 3.63) is 29.1 Å². The second-order valence-electron chi connectivity index (χ2n) is 7.39. The summed E-state index contributed by atoms with van der Waals surface area (Å²) in [5.41, 5.74) is 0.421. The molecule has 12 heteroatoms. The Balaban J connectivity index is 1.82. The zero-order chi connectivity index (χ0) is 22.8. The van der Waals surface area contributed by atoms with Crippen LogP contribution in [0.4, 0.5) is 13.2 Å². The van der Waals surface area contributed by atoms with Gasteiger partial charge >= 0.3 is 6.18 Å². The van der Waals surface area contributed by atoms with Crippen LogP contribution >= 0.6 is 12.2 Å². The van der Waals surface area contributed by atoms with Crippen LogP contribution in [0.5, 0.6) is 0 Å². The maximum absolute atomic E-state index is 13.1. The molecule has 0 radical (unpaired) electrons. The average Bonchev–Trinajstić information content (AvgIpc) is 3.09. The predicted octanol–water partition coefficient (Wildman–Crippen LogP) is 4.13. The highest BCUT2D eigenvalue weighted by molar-refractivity contribution is 7.89. The summed E-state index contributed by atoms with van der Waals surface area (Å²) in [7, 11) is -3.66. The van der Waals surface area contributed by atoms with Gasteiger partial charge in [-0.25, -0.2) is 13.1 Å². The molecule has 1 aliphatic heterocycles. The first-order valence-corrected chi connectivity index (χ1v) is 11.9. The van der Waals surface area contributed by atoms with E-state index in [1.165, 1.54) is 21.1 Å². The highest BCUT2D eigenvalue weighted by atomic mass is 32.2. The van der Waals surface area contributed by atoms with Crippen LogP contribution in [0, 0.1) is 10.8 Å². The maximum Gasteiger partial charge on any atom is 0.393 e. The number of alkyl halides is 3. The first kappa shape index (κ1) is 23.9. The van der Waals surface area contributed by atoms with Crippen LogP contribution in [-0.4, -0.2) is 59.8 Å². The van der Waals surface area contributed by atoms with Crippen molar-refractivity contribution < 1.29 is 26.0 Å². The van der Waals surface area contributed by atoms with E-state index in [1.807, 2.05) is 0 Å². The van der Waals surface area contributed by atoms with Gasteiger partial charge in [-0.2, -0.15) is 17.5 Å². The highest BCUT2D eigenvalue weighted by Gasteiger charge is 2.41. The number of halogens is 3. The van der Waals surface area contributed by atoms with Crippen molar-refractivity contribution in [2.24, 2.45) is 5.92 Å². The largest absolute Gasteiger partial charge is 0.409 e. The van der Waals surface area contributed by atoms with Gasteiger partial charge in [0, 0.05) is 25.2 Å². The Kier molecular flexibility index (Phi) is 7.24. The first-order chi connectivity index (χ1) is 14.6. The van der Waals surface area contributed by atoms with Crippen LogP contribution in [-0.2, 0) is 16.7 Å². The molecule has 3 rings (SSSR count). The highest BCUT2D eigenvalue weighted by Crippen LogP contribution is 2.33. The lowest BCUT2D eigenvalue weighted by atomic mass is 9.98. The molecule has 0 saturated carbocycles. The van der Waals surface area contributed by atoms with Crippen molar-refractivity contribution in [3.8, 4) is 11.5 Å². The summed E-state index contributed by atoms with van der Waals surface area (Å²) in [5, 5.41) is 4.28. The van der Waals surface area contributed by atoms with Crippen molar-refractivity contribution in [1.82, 2.24) is 19.0 Å². The molecular formula is C19H25F3N4O3S2. The molecular weight excluding hydrogens is 453 g/mol. The van der Waals surface area contributed by atoms with E-state index in [4.69, 9.17) is 16.6 Å². The fourth-order valence-electron chi connectivity index (χ4n) is 3.66. The predicted molar refractivity (Wildman–Crippen MR) is 111 cm³/mol. The van der Waals surface area contributed by atoms with Crippen molar-refractivity contribution in [2.75, 3.05) is 26.2 Å². The molecule has 172 valence electrons. The molecule has 7 nitrogen and oxygen atoms in total. The molecule has 1 aliphatic rings. The number of rotatable bonds is 7. The van der Waals surface area contributed by atoms with Crippen molar-refractivity contribution >= 4 is 22.2 Å². The Morgan fingerprint density at radius 2 is 2.00 bits per heavy atom. The molecule has 1 fully saturated rings. The molecule has 2 heterocycles. The van der Waals surface area contributed by atoms with Gasteiger partial charge < -0.3 is 4.42 Å². The first-order valence-electron chi connectivity index (χ1n) is 10.0. The van der Waals surface area contributed by atoms with Crippen molar-refractivity contribution in [2.45, 2.75) is 44.4 Å². The minimum absolute atomic E-state index is 0.0149. The number of piperidine rings is 1. The van der Waals surface area contributed by atoms with E-state index in [2.05, 4.69) is 5.10 Å². The quantitative estimate of drug-likeness (QED) is 0.557. The van der Waals surface area contributed by atoms with Crippen LogP contribution in [0.25, 0.3) is 11.5 Å². The Morgan fingerprint density at radius 3 is 2.65 bits per heavy atom. The van der Waals surface area contributed by atoms with E-state index >= 15 is 0 Å². The van der Waals surface area contributed by atoms with E-state index in [9.17, 15) is 21.6 Å². The monoisotopic (exact) mass is 478 g/mol. The van der Waals surface area contributed by atoms with E-state index in [0.717, 1.165) is 0 Å². The standard InChI is InChI=1S/C19H25F3N4O3S2/c1-3-25(4-2)31(27,28)16-9-5-7-14(11-16)17-23-26(18(30)29-17)13-24-10-6-8-15(12-24)19(20,21)22/h5,7,9,11,15H,3-4,6,8,10,12-13H2,1-2H3/t15-/m0/s1. The van der Waals surface area contributed by atoms with E-state index in [0.29, 0.717) is 31.6 Å². The molecule has 1 aromatic carbocycles. The fraction of sp³-hybridized carbons (Fsp3) is 0.579. The van der Waals surface area contributed by atoms with Crippen molar-refractivity contribution in [1.29, 1.82) is 0 Å². The van der Waals surface area contributed by atoms with Crippen LogP contribution in [0.1, 0.15) is 26.7 Å². The third-order valence-corrected chi connectivity index (χ3v) is 7.67. The van der Waals surface area contributed by atoms with Gasteiger partial charge in [-0.15, -0.1) is 5.10 Å². The Morgan fingerprint density at radius 1 is 1.29 bits per heavy atom. The molecule has 0 amide bonds. The van der Waals surface area contributed by atoms with Gasteiger partial charge in [-0.05, 0) is 49.8 Å². The molecule has 2 aromatic rings. The number of benzene rings is 1. The second kappa shape index (κ2) is 9.39. The number of nitrogens with zero attached hydrogens (tertiary/aromatic N) is 4. The third kappa shape index (κ3) is 5.36. The Bertz CT molecular complexity index is 1060. The van der Waals surface area contributed by atoms with Crippen LogP contribution < -0.4 is 0 Å². The number of aromatic nitrogens is 2. The molecule has 1 atom stereocenters. The minimum atomic E-state index is -4.23. The summed E-state index contributed by atoms with van der Waals surface area (Å²) in [6.45, 7) is 4.66. The normalized spacial score (nSPS) is 18.6. The van der Waals surface area contributed by atoms with Gasteiger partial charge in [-0.1, -0.05) is 19.9 Å². The fourth-order valence-corrected chi connectivity index (χ4v) is 5.34. The number of hydrogen-bond acceptors (Lipinski definition) is 6. The van der Waals surface area contributed by atoms with Crippen LogP contribution in [0.15, 0.2) is 33.6 Å². The lowest BCUT2D eigenvalue weighted by Crippen LogP contribution is -2.42. The Labute approximate surface area is 184 Å². The lowest BCUT2D eigenvalue weighted by Gasteiger charge is -2.33.